The van der Waals surface area contributed by atoms with Gasteiger partial charge >= 0.3 is 6.01 Å². The van der Waals surface area contributed by atoms with Crippen molar-refractivity contribution in [3.63, 3.8) is 0 Å². The van der Waals surface area contributed by atoms with Crippen molar-refractivity contribution < 1.29 is 18.3 Å². The van der Waals surface area contributed by atoms with Crippen molar-refractivity contribution in [2.75, 3.05) is 38.7 Å². The van der Waals surface area contributed by atoms with Gasteiger partial charge in [-0.3, -0.25) is 20.0 Å². The van der Waals surface area contributed by atoms with E-state index in [1.54, 1.807) is 19.2 Å². The Bertz CT molecular complexity index is 1320. The second kappa shape index (κ2) is 9.07. The highest BCUT2D eigenvalue weighted by Crippen LogP contribution is 2.29. The number of nitrogens with zero attached hydrogens (tertiary/aromatic N) is 6. The largest absolute Gasteiger partial charge is 0.423 e. The van der Waals surface area contributed by atoms with Crippen molar-refractivity contribution in [1.29, 1.82) is 0 Å². The Labute approximate surface area is 195 Å². The minimum Gasteiger partial charge on any atom is -0.423 e. The van der Waals surface area contributed by atoms with Gasteiger partial charge in [0.25, 0.3) is 0 Å². The van der Waals surface area contributed by atoms with Gasteiger partial charge in [-0.2, -0.15) is 10.1 Å². The average molecular weight is 468 g/mol. The molecule has 2 aromatic heterocycles. The van der Waals surface area contributed by atoms with Crippen LogP contribution in [0.1, 0.15) is 18.4 Å². The molecule has 10 nitrogen and oxygen atoms in total. The van der Waals surface area contributed by atoms with Crippen LogP contribution in [-0.2, 0) is 9.53 Å². The first kappa shape index (κ1) is 22.4. The fourth-order valence-corrected chi connectivity index (χ4v) is 4.54. The fourth-order valence-electron chi connectivity index (χ4n) is 4.54. The highest BCUT2D eigenvalue weighted by atomic mass is 19.1. The highest BCUT2D eigenvalue weighted by Gasteiger charge is 2.37. The van der Waals surface area contributed by atoms with Gasteiger partial charge in [-0.25, -0.2) is 4.39 Å². The first-order valence-corrected chi connectivity index (χ1v) is 11.2. The zero-order valence-corrected chi connectivity index (χ0v) is 19.1. The second-order valence-electron chi connectivity index (χ2n) is 8.60. The summed E-state index contributed by atoms with van der Waals surface area (Å²) in [7, 11) is 1.63. The molecule has 1 N–H and O–H groups in total. The summed E-state index contributed by atoms with van der Waals surface area (Å²) in [4.78, 5) is 24.5. The number of fused-ring (bicyclic) bond motifs is 1. The molecule has 34 heavy (non-hydrogen) atoms. The fraction of sp³-hybridized carbons (Fsp3) is 0.435. The van der Waals surface area contributed by atoms with E-state index in [-0.39, 0.29) is 28.9 Å². The van der Waals surface area contributed by atoms with Crippen molar-refractivity contribution in [1.82, 2.24) is 19.8 Å². The molecule has 2 aliphatic rings. The lowest BCUT2D eigenvalue weighted by Crippen LogP contribution is -2.57. The Morgan fingerprint density at radius 1 is 1.26 bits per heavy atom. The van der Waals surface area contributed by atoms with Crippen LogP contribution in [0.25, 0.3) is 22.4 Å². The molecular weight excluding hydrogens is 441 g/mol. The minimum atomic E-state index is -0.576. The predicted molar refractivity (Wildman–Crippen MR) is 124 cm³/mol. The zero-order valence-electron chi connectivity index (χ0n) is 19.1. The number of halogens is 1. The van der Waals surface area contributed by atoms with Gasteiger partial charge in [0.05, 0.1) is 11.6 Å². The number of hydrogen-bond donors (Lipinski definition) is 1. The second-order valence-corrected chi connectivity index (χ2v) is 8.60. The summed E-state index contributed by atoms with van der Waals surface area (Å²) < 4.78 is 25.9. The topological polar surface area (TPSA) is 110 Å². The Kier molecular flexibility index (Phi) is 5.96. The lowest BCUT2D eigenvalue weighted by Gasteiger charge is -2.44. The maximum atomic E-state index is 14.9. The third-order valence-corrected chi connectivity index (χ3v) is 6.41. The Hall–Kier alpha value is -3.44. The molecule has 178 valence electrons. The van der Waals surface area contributed by atoms with Crippen LogP contribution < -0.4 is 10.8 Å². The third-order valence-electron chi connectivity index (χ3n) is 6.41. The van der Waals surface area contributed by atoms with Crippen molar-refractivity contribution in [3.8, 4) is 11.3 Å². The van der Waals surface area contributed by atoms with E-state index in [1.165, 1.54) is 10.9 Å². The number of ether oxygens (including phenoxy) is 1. The molecule has 11 heteroatoms. The Morgan fingerprint density at radius 3 is 2.74 bits per heavy atom. The summed E-state index contributed by atoms with van der Waals surface area (Å²) in [5.41, 5.74) is 2.57. The van der Waals surface area contributed by atoms with Crippen molar-refractivity contribution in [2.45, 2.75) is 25.8 Å². The molecule has 0 bridgehead atoms. The first-order chi connectivity index (χ1) is 16.5. The van der Waals surface area contributed by atoms with E-state index in [9.17, 15) is 9.18 Å². The van der Waals surface area contributed by atoms with Gasteiger partial charge in [-0.1, -0.05) is 0 Å². The number of aryl methyl sites for hydroxylation is 1. The van der Waals surface area contributed by atoms with Gasteiger partial charge in [0, 0.05) is 51.7 Å². The number of amides is 1. The van der Waals surface area contributed by atoms with Gasteiger partial charge in [-0.05, 0) is 43.5 Å². The number of oxazole rings is 1. The van der Waals surface area contributed by atoms with E-state index in [1.807, 2.05) is 6.92 Å². The number of hydrogen-bond acceptors (Lipinski definition) is 8. The van der Waals surface area contributed by atoms with Gasteiger partial charge in [0.15, 0.2) is 16.9 Å². The standard InChI is InChI=1S/C23H26FN7O3/c1-13-8-18(29-31(26-3)21(13)25-2)14-9-17(24)20-19(10-14)34-23(27-20)28-22(32)15-11-30(12-15)16-4-6-33-7-5-16/h8-10,15-16H,3-7,11-12H2,1-2H3,(H,27,28,32). The third kappa shape index (κ3) is 4.12. The summed E-state index contributed by atoms with van der Waals surface area (Å²) in [6, 6.07) is 5.20. The highest BCUT2D eigenvalue weighted by molar-refractivity contribution is 5.93. The van der Waals surface area contributed by atoms with Gasteiger partial charge in [0.2, 0.25) is 5.91 Å². The Morgan fingerprint density at radius 2 is 2.03 bits per heavy atom. The maximum absolute atomic E-state index is 14.9. The van der Waals surface area contributed by atoms with Crippen molar-refractivity contribution in [2.24, 2.45) is 16.0 Å². The van der Waals surface area contributed by atoms with Gasteiger partial charge in [-0.15, -0.1) is 9.89 Å². The monoisotopic (exact) mass is 467 g/mol. The van der Waals surface area contributed by atoms with Gasteiger partial charge < -0.3 is 9.15 Å². The lowest BCUT2D eigenvalue weighted by atomic mass is 9.94. The molecule has 0 radical (unpaired) electrons. The van der Waals surface area contributed by atoms with Crippen LogP contribution in [0.3, 0.4) is 0 Å². The molecule has 3 aromatic rings. The average Bonchev–Trinajstić information content (AvgIpc) is 3.21. The summed E-state index contributed by atoms with van der Waals surface area (Å²) in [5.74, 6) is -0.896. The lowest BCUT2D eigenvalue weighted by molar-refractivity contribution is -0.127. The van der Waals surface area contributed by atoms with E-state index in [0.717, 1.165) is 31.6 Å². The van der Waals surface area contributed by atoms with Crippen LogP contribution in [0.2, 0.25) is 0 Å². The SMILES string of the molecule is C=Nn1nc(-c2cc(F)c3nc(NC(=O)C4CN(C5CCOCC5)C4)oc3c2)cc(C)c1=NC. The number of rotatable bonds is 5. The molecule has 0 atom stereocenters. The molecule has 0 aliphatic carbocycles. The molecule has 2 aliphatic heterocycles. The summed E-state index contributed by atoms with van der Waals surface area (Å²) in [5, 5.41) is 10.9. The first-order valence-electron chi connectivity index (χ1n) is 11.2. The summed E-state index contributed by atoms with van der Waals surface area (Å²) in [6.07, 6.45) is 1.99. The van der Waals surface area contributed by atoms with Crippen LogP contribution in [0.15, 0.2) is 32.7 Å². The summed E-state index contributed by atoms with van der Waals surface area (Å²) in [6.45, 7) is 8.29. The van der Waals surface area contributed by atoms with Crippen LogP contribution >= 0.6 is 0 Å². The number of aromatic nitrogens is 3. The van der Waals surface area contributed by atoms with Crippen molar-refractivity contribution >= 4 is 29.7 Å². The number of benzene rings is 1. The molecule has 0 spiro atoms. The van der Waals surface area contributed by atoms with E-state index < -0.39 is 5.82 Å². The predicted octanol–water partition coefficient (Wildman–Crippen LogP) is 2.18. The number of anilines is 1. The smallest absolute Gasteiger partial charge is 0.302 e. The van der Waals surface area contributed by atoms with E-state index >= 15 is 0 Å². The minimum absolute atomic E-state index is 0.0207. The number of carbonyl (C=O) groups is 1. The van der Waals surface area contributed by atoms with Gasteiger partial charge in [0.1, 0.15) is 5.52 Å². The molecule has 1 aromatic carbocycles. The van der Waals surface area contributed by atoms with Crippen molar-refractivity contribution in [3.05, 3.63) is 35.1 Å². The zero-order chi connectivity index (χ0) is 23.8. The molecule has 0 unspecified atom stereocenters. The van der Waals surface area contributed by atoms with Crippen LogP contribution in [0.4, 0.5) is 10.4 Å². The van der Waals surface area contributed by atoms with Crippen LogP contribution in [0.5, 0.6) is 0 Å². The molecule has 4 heterocycles. The molecule has 1 amide bonds. The molecular formula is C23H26FN7O3. The number of carbonyl (C=O) groups excluding carboxylic acids is 1. The van der Waals surface area contributed by atoms with E-state index in [4.69, 9.17) is 9.15 Å². The van der Waals surface area contributed by atoms with Crippen LogP contribution in [0, 0.1) is 18.7 Å². The number of nitrogens with one attached hydrogen (secondary N) is 1. The molecule has 2 fully saturated rings. The van der Waals surface area contributed by atoms with E-state index in [2.05, 4.69) is 37.1 Å². The van der Waals surface area contributed by atoms with Crippen LogP contribution in [-0.4, -0.2) is 71.8 Å². The molecule has 0 saturated carbocycles. The Balaban J connectivity index is 1.34. The maximum Gasteiger partial charge on any atom is 0.302 e. The normalized spacial score (nSPS) is 18.3. The quantitative estimate of drug-likeness (QED) is 0.576. The van der Waals surface area contributed by atoms with E-state index in [0.29, 0.717) is 35.9 Å². The molecule has 2 saturated heterocycles. The number of likely N-dealkylation sites (tertiary alicyclic amines) is 1. The molecule has 5 rings (SSSR count). The summed E-state index contributed by atoms with van der Waals surface area (Å²) >= 11 is 0.